The number of rotatable bonds is 7. The van der Waals surface area contributed by atoms with Crippen molar-refractivity contribution in [2.24, 2.45) is 5.73 Å². The van der Waals surface area contributed by atoms with Crippen LogP contribution in [0.5, 0.6) is 11.7 Å². The molecule has 7 heteroatoms. The van der Waals surface area contributed by atoms with Crippen LogP contribution < -0.4 is 15.8 Å². The minimum absolute atomic E-state index is 0.333. The van der Waals surface area contributed by atoms with E-state index in [4.69, 9.17) is 32.4 Å². The van der Waals surface area contributed by atoms with E-state index in [-0.39, 0.29) is 5.91 Å². The van der Waals surface area contributed by atoms with Crippen molar-refractivity contribution in [3.05, 3.63) is 82.0 Å². The highest BCUT2D eigenvalue weighted by atomic mass is 35.5. The van der Waals surface area contributed by atoms with Crippen LogP contribution in [0, 0.1) is 0 Å². The van der Waals surface area contributed by atoms with Crippen molar-refractivity contribution in [2.45, 2.75) is 99.8 Å². The Morgan fingerprint density at radius 2 is 1.54 bits per heavy atom. The van der Waals surface area contributed by atoms with Crippen LogP contribution in [0.2, 0.25) is 10.0 Å². The molecule has 0 saturated carbocycles. The van der Waals surface area contributed by atoms with Crippen LogP contribution in [0.3, 0.4) is 0 Å². The summed E-state index contributed by atoms with van der Waals surface area (Å²) >= 11 is 11.6. The fraction of sp³-hybridized carbons (Fsp3) is 0.500. The van der Waals surface area contributed by atoms with Gasteiger partial charge in [0.1, 0.15) is 5.75 Å². The highest BCUT2D eigenvalue weighted by Crippen LogP contribution is 2.43. The van der Waals surface area contributed by atoms with Gasteiger partial charge in [-0.05, 0) is 79.6 Å². The highest BCUT2D eigenvalue weighted by molar-refractivity contribution is 6.34. The maximum absolute atomic E-state index is 9.22. The molecule has 3 aromatic rings. The van der Waals surface area contributed by atoms with Crippen LogP contribution in [0.1, 0.15) is 99.1 Å². The van der Waals surface area contributed by atoms with Crippen molar-refractivity contribution in [1.29, 1.82) is 0 Å². The van der Waals surface area contributed by atoms with Crippen LogP contribution in [0.15, 0.2) is 65.3 Å². The standard InChI is InChI=1S/C15H23N.C10H6Cl2O2.C3H8.C2H5NO.2C2H6/c1-3-15(11-12-16-4-2)10-9-13-7-5-6-8-14(13)15;11-7-4-8(12)6-9(5-7)14-10-2-1-3-13-10;1-3-2;1-2(3)4;2*1-2/h5-8,16H,3-4,9-12H2,1-2H3;1-6H;3H2,1-2H3;1H3,(H2,3,4);2*1-2H3. The van der Waals surface area contributed by atoms with Gasteiger partial charge in [0.05, 0.1) is 6.26 Å². The Morgan fingerprint density at radius 1 is 0.976 bits per heavy atom. The first-order chi connectivity index (χ1) is 19.7. The molecule has 1 unspecified atom stereocenters. The molecule has 3 N–H and O–H groups in total. The van der Waals surface area contributed by atoms with Crippen molar-refractivity contribution >= 4 is 29.1 Å². The quantitative estimate of drug-likeness (QED) is 0.261. The molecular weight excluding hydrogens is 555 g/mol. The molecule has 0 saturated heterocycles. The van der Waals surface area contributed by atoms with E-state index in [0.29, 0.717) is 27.2 Å². The van der Waals surface area contributed by atoms with Gasteiger partial charge in [-0.3, -0.25) is 4.79 Å². The predicted octanol–water partition coefficient (Wildman–Crippen LogP) is 10.6. The number of primary amides is 1. The van der Waals surface area contributed by atoms with E-state index < -0.39 is 0 Å². The average molecular weight is 610 g/mol. The molecule has 41 heavy (non-hydrogen) atoms. The van der Waals surface area contributed by atoms with Gasteiger partial charge in [0.25, 0.3) is 5.95 Å². The number of hydrogen-bond donors (Lipinski definition) is 2. The Bertz CT molecular complexity index is 1020. The maximum Gasteiger partial charge on any atom is 0.289 e. The number of furan rings is 1. The molecule has 0 fully saturated rings. The van der Waals surface area contributed by atoms with Gasteiger partial charge in [-0.2, -0.15) is 0 Å². The highest BCUT2D eigenvalue weighted by Gasteiger charge is 2.35. The number of carbonyl (C=O) groups is 1. The van der Waals surface area contributed by atoms with Crippen LogP contribution in [0.25, 0.3) is 0 Å². The minimum Gasteiger partial charge on any atom is -0.434 e. The summed E-state index contributed by atoms with van der Waals surface area (Å²) in [6.07, 6.45) is 7.95. The van der Waals surface area contributed by atoms with Crippen molar-refractivity contribution in [3.8, 4) is 11.7 Å². The Labute approximate surface area is 260 Å². The number of nitrogens with one attached hydrogen (secondary N) is 1. The molecule has 1 heterocycles. The predicted molar refractivity (Wildman–Crippen MR) is 179 cm³/mol. The zero-order valence-corrected chi connectivity index (χ0v) is 28.3. The number of fused-ring (bicyclic) bond motifs is 1. The fourth-order valence-corrected chi connectivity index (χ4v) is 4.60. The van der Waals surface area contributed by atoms with Gasteiger partial charge < -0.3 is 20.2 Å². The van der Waals surface area contributed by atoms with Crippen LogP contribution in [0.4, 0.5) is 0 Å². The lowest BCUT2D eigenvalue weighted by Gasteiger charge is -2.29. The third-order valence-electron chi connectivity index (χ3n) is 5.72. The van der Waals surface area contributed by atoms with Gasteiger partial charge in [0.2, 0.25) is 5.91 Å². The number of hydrogen-bond acceptors (Lipinski definition) is 4. The van der Waals surface area contributed by atoms with Gasteiger partial charge >= 0.3 is 0 Å². The first-order valence-electron chi connectivity index (χ1n) is 14.9. The molecule has 4 rings (SSSR count). The third-order valence-corrected chi connectivity index (χ3v) is 6.15. The summed E-state index contributed by atoms with van der Waals surface area (Å²) in [7, 11) is 0. The Hall–Kier alpha value is -2.47. The van der Waals surface area contributed by atoms with Crippen molar-refractivity contribution in [1.82, 2.24) is 5.32 Å². The zero-order chi connectivity index (χ0) is 31.7. The second kappa shape index (κ2) is 25.3. The van der Waals surface area contributed by atoms with E-state index in [1.165, 1.54) is 45.3 Å². The normalized spacial score (nSPS) is 13.9. The lowest BCUT2D eigenvalue weighted by molar-refractivity contribution is -0.115. The summed E-state index contributed by atoms with van der Waals surface area (Å²) < 4.78 is 10.4. The van der Waals surface area contributed by atoms with Crippen LogP contribution in [-0.4, -0.2) is 19.0 Å². The molecule has 1 aliphatic rings. The van der Waals surface area contributed by atoms with Crippen LogP contribution in [-0.2, 0) is 16.6 Å². The number of nitrogens with two attached hydrogens (primary N) is 1. The average Bonchev–Trinajstić information content (AvgIpc) is 3.60. The summed E-state index contributed by atoms with van der Waals surface area (Å²) in [6, 6.07) is 17.4. The Morgan fingerprint density at radius 3 is 2.02 bits per heavy atom. The molecular formula is C34H54Cl2N2O3. The summed E-state index contributed by atoms with van der Waals surface area (Å²) in [5.74, 6) is 0.626. The molecule has 1 amide bonds. The fourth-order valence-electron chi connectivity index (χ4n) is 4.10. The lowest BCUT2D eigenvalue weighted by Crippen LogP contribution is -2.28. The number of aryl methyl sites for hydroxylation is 1. The maximum atomic E-state index is 9.22. The van der Waals surface area contributed by atoms with E-state index >= 15 is 0 Å². The molecule has 2 aromatic carbocycles. The third kappa shape index (κ3) is 17.2. The molecule has 0 radical (unpaired) electrons. The molecule has 1 atom stereocenters. The van der Waals surface area contributed by atoms with E-state index in [1.54, 1.807) is 41.5 Å². The molecule has 0 bridgehead atoms. The topological polar surface area (TPSA) is 77.5 Å². The number of benzene rings is 2. The van der Waals surface area contributed by atoms with E-state index in [2.05, 4.69) is 63.0 Å². The van der Waals surface area contributed by atoms with Crippen LogP contribution >= 0.6 is 23.2 Å². The zero-order valence-electron chi connectivity index (χ0n) is 26.8. The van der Waals surface area contributed by atoms with E-state index in [1.807, 2.05) is 27.7 Å². The number of amides is 1. The summed E-state index contributed by atoms with van der Waals surface area (Å²) in [5, 5.41) is 4.52. The van der Waals surface area contributed by atoms with Gasteiger partial charge in [-0.25, -0.2) is 0 Å². The second-order valence-electron chi connectivity index (χ2n) is 8.85. The molecule has 5 nitrogen and oxygen atoms in total. The molecule has 1 aromatic heterocycles. The van der Waals surface area contributed by atoms with Crippen molar-refractivity contribution in [2.75, 3.05) is 13.1 Å². The summed E-state index contributed by atoms with van der Waals surface area (Å²) in [4.78, 5) is 9.22. The molecule has 1 aliphatic carbocycles. The monoisotopic (exact) mass is 608 g/mol. The Balaban J connectivity index is 0. The van der Waals surface area contributed by atoms with Gasteiger partial charge in [0.15, 0.2) is 0 Å². The number of carbonyl (C=O) groups excluding carboxylic acids is 1. The van der Waals surface area contributed by atoms with Gasteiger partial charge in [-0.1, -0.05) is 109 Å². The minimum atomic E-state index is -0.333. The van der Waals surface area contributed by atoms with Gasteiger partial charge in [0, 0.05) is 23.0 Å². The SMILES string of the molecule is CC.CC.CC(N)=O.CCC.CCNCCC1(CC)CCc2ccccc21.Clc1cc(Cl)cc(Oc2ccco2)c1. The molecule has 0 aliphatic heterocycles. The largest absolute Gasteiger partial charge is 0.434 e. The first kappa shape index (κ1) is 40.7. The lowest BCUT2D eigenvalue weighted by atomic mass is 9.76. The van der Waals surface area contributed by atoms with Crippen molar-refractivity contribution < 1.29 is 13.9 Å². The summed E-state index contributed by atoms with van der Waals surface area (Å²) in [6.45, 7) is 20.3. The second-order valence-corrected chi connectivity index (χ2v) is 9.72. The van der Waals surface area contributed by atoms with E-state index in [0.717, 1.165) is 13.1 Å². The molecule has 0 spiro atoms. The first-order valence-corrected chi connectivity index (χ1v) is 15.7. The van der Waals surface area contributed by atoms with Crippen molar-refractivity contribution in [3.63, 3.8) is 0 Å². The smallest absolute Gasteiger partial charge is 0.289 e. The van der Waals surface area contributed by atoms with Gasteiger partial charge in [-0.15, -0.1) is 0 Å². The van der Waals surface area contributed by atoms with E-state index in [9.17, 15) is 4.79 Å². The summed E-state index contributed by atoms with van der Waals surface area (Å²) in [5.41, 5.74) is 8.13. The molecule has 232 valence electrons. The number of halogens is 2. The number of ether oxygens (including phenoxy) is 1. The Kier molecular flexibility index (Phi) is 25.1.